The van der Waals surface area contributed by atoms with Gasteiger partial charge >= 0.3 is 0 Å². The van der Waals surface area contributed by atoms with Crippen molar-refractivity contribution in [1.29, 1.82) is 0 Å². The number of hydrogen-bond acceptors (Lipinski definition) is 4. The predicted molar refractivity (Wildman–Crippen MR) is 90.3 cm³/mol. The van der Waals surface area contributed by atoms with Gasteiger partial charge in [0.05, 0.1) is 17.9 Å². The molecule has 1 amide bonds. The van der Waals surface area contributed by atoms with Crippen LogP contribution in [0.4, 0.5) is 0 Å². The molecule has 6 nitrogen and oxygen atoms in total. The summed E-state index contributed by atoms with van der Waals surface area (Å²) in [6.07, 6.45) is 3.59. The zero-order valence-electron chi connectivity index (χ0n) is 14.0. The van der Waals surface area contributed by atoms with Crippen LogP contribution in [0.3, 0.4) is 0 Å². The lowest BCUT2D eigenvalue weighted by Gasteiger charge is -2.33. The van der Waals surface area contributed by atoms with Gasteiger partial charge in [0.15, 0.2) is 0 Å². The summed E-state index contributed by atoms with van der Waals surface area (Å²) in [4.78, 5) is 14.7. The molecule has 1 aromatic carbocycles. The van der Waals surface area contributed by atoms with E-state index < -0.39 is 10.0 Å². The van der Waals surface area contributed by atoms with Crippen LogP contribution in [0.15, 0.2) is 29.2 Å². The third-order valence-electron chi connectivity index (χ3n) is 4.85. The van der Waals surface area contributed by atoms with E-state index in [0.717, 1.165) is 38.8 Å². The molecule has 2 fully saturated rings. The Morgan fingerprint density at radius 2 is 1.75 bits per heavy atom. The summed E-state index contributed by atoms with van der Waals surface area (Å²) in [5.41, 5.74) is 0. The largest absolute Gasteiger partial charge is 0.497 e. The number of carbonyl (C=O) groups is 1. The minimum atomic E-state index is -3.57. The molecule has 0 saturated carbocycles. The molecule has 0 radical (unpaired) electrons. The molecule has 132 valence electrons. The van der Waals surface area contributed by atoms with Crippen LogP contribution in [0.1, 0.15) is 25.7 Å². The van der Waals surface area contributed by atoms with Crippen LogP contribution < -0.4 is 4.74 Å². The van der Waals surface area contributed by atoms with Crippen LogP contribution in [0.2, 0.25) is 0 Å². The number of ether oxygens (including phenoxy) is 1. The molecule has 1 atom stereocenters. The highest BCUT2D eigenvalue weighted by Crippen LogP contribution is 2.27. The van der Waals surface area contributed by atoms with E-state index in [-0.39, 0.29) is 23.3 Å². The van der Waals surface area contributed by atoms with E-state index in [4.69, 9.17) is 4.74 Å². The zero-order valence-corrected chi connectivity index (χ0v) is 14.8. The van der Waals surface area contributed by atoms with E-state index in [0.29, 0.717) is 12.3 Å². The number of methoxy groups -OCH3 is 1. The van der Waals surface area contributed by atoms with E-state index in [2.05, 4.69) is 0 Å². The van der Waals surface area contributed by atoms with E-state index in [1.807, 2.05) is 4.90 Å². The smallest absolute Gasteiger partial charge is 0.243 e. The van der Waals surface area contributed by atoms with Gasteiger partial charge in [0.1, 0.15) is 5.75 Å². The number of likely N-dealkylation sites (tertiary alicyclic amines) is 1. The molecule has 0 N–H and O–H groups in total. The summed E-state index contributed by atoms with van der Waals surface area (Å²) in [6, 6.07) is 6.40. The normalized spacial score (nSPS) is 22.5. The van der Waals surface area contributed by atoms with Gasteiger partial charge < -0.3 is 9.64 Å². The molecule has 1 unspecified atom stereocenters. The second-order valence-corrected chi connectivity index (χ2v) is 8.35. The molecule has 2 saturated heterocycles. The van der Waals surface area contributed by atoms with Gasteiger partial charge in [0.25, 0.3) is 0 Å². The molecular formula is C17H24N2O4S. The Bertz CT molecular complexity index is 681. The Hall–Kier alpha value is -1.60. The van der Waals surface area contributed by atoms with Crippen molar-refractivity contribution in [3.05, 3.63) is 24.3 Å². The summed E-state index contributed by atoms with van der Waals surface area (Å²) in [7, 11) is -2.03. The Morgan fingerprint density at radius 1 is 1.08 bits per heavy atom. The highest BCUT2D eigenvalue weighted by Gasteiger charge is 2.35. The first-order chi connectivity index (χ1) is 11.5. The van der Waals surface area contributed by atoms with Crippen LogP contribution in [-0.2, 0) is 14.8 Å². The number of rotatable bonds is 4. The van der Waals surface area contributed by atoms with Crippen LogP contribution >= 0.6 is 0 Å². The Balaban J connectivity index is 1.73. The Morgan fingerprint density at radius 3 is 2.38 bits per heavy atom. The van der Waals surface area contributed by atoms with Gasteiger partial charge in [-0.25, -0.2) is 8.42 Å². The third-order valence-corrected chi connectivity index (χ3v) is 6.73. The van der Waals surface area contributed by atoms with Crippen LogP contribution in [0.5, 0.6) is 5.75 Å². The second kappa shape index (κ2) is 7.11. The molecule has 0 aliphatic carbocycles. The summed E-state index contributed by atoms with van der Waals surface area (Å²) in [6.45, 7) is 2.36. The van der Waals surface area contributed by atoms with Gasteiger partial charge in [-0.05, 0) is 49.9 Å². The Kier molecular flexibility index (Phi) is 5.10. The molecule has 0 spiro atoms. The van der Waals surface area contributed by atoms with Crippen molar-refractivity contribution in [3.63, 3.8) is 0 Å². The molecule has 24 heavy (non-hydrogen) atoms. The number of nitrogens with zero attached hydrogens (tertiary/aromatic N) is 2. The maximum Gasteiger partial charge on any atom is 0.243 e. The lowest BCUT2D eigenvalue weighted by molar-refractivity contribution is -0.135. The van der Waals surface area contributed by atoms with Gasteiger partial charge in [0, 0.05) is 26.2 Å². The zero-order chi connectivity index (χ0) is 17.2. The number of sulfonamides is 1. The van der Waals surface area contributed by atoms with Gasteiger partial charge in [-0.2, -0.15) is 4.31 Å². The lowest BCUT2D eigenvalue weighted by Crippen LogP contribution is -2.46. The number of hydrogen-bond donors (Lipinski definition) is 0. The third kappa shape index (κ3) is 3.42. The molecule has 7 heteroatoms. The van der Waals surface area contributed by atoms with E-state index in [1.165, 1.54) is 4.31 Å². The number of carbonyl (C=O) groups excluding carboxylic acids is 1. The van der Waals surface area contributed by atoms with Crippen molar-refractivity contribution in [3.8, 4) is 5.75 Å². The minimum absolute atomic E-state index is 0.113. The molecule has 2 aliphatic rings. The molecule has 3 rings (SSSR count). The van der Waals surface area contributed by atoms with E-state index in [1.54, 1.807) is 31.4 Å². The standard InChI is InChI=1S/C17H24N2O4S/c1-23-15-6-8-16(9-7-15)24(21,22)19-12-4-5-14(13-19)17(20)18-10-2-3-11-18/h6-9,14H,2-5,10-13H2,1H3. The van der Waals surface area contributed by atoms with Crippen molar-refractivity contribution in [2.75, 3.05) is 33.3 Å². The first-order valence-corrected chi connectivity index (χ1v) is 9.89. The van der Waals surface area contributed by atoms with Crippen LogP contribution in [-0.4, -0.2) is 56.8 Å². The fraction of sp³-hybridized carbons (Fsp3) is 0.588. The first-order valence-electron chi connectivity index (χ1n) is 8.45. The number of amides is 1. The van der Waals surface area contributed by atoms with Gasteiger partial charge in [-0.15, -0.1) is 0 Å². The summed E-state index contributed by atoms with van der Waals surface area (Å²) in [5, 5.41) is 0. The summed E-state index contributed by atoms with van der Waals surface area (Å²) < 4.78 is 32.2. The highest BCUT2D eigenvalue weighted by molar-refractivity contribution is 7.89. The fourth-order valence-electron chi connectivity index (χ4n) is 3.45. The molecule has 1 aromatic rings. The first kappa shape index (κ1) is 17.2. The Labute approximate surface area is 143 Å². The number of benzene rings is 1. The van der Waals surface area contributed by atoms with Crippen molar-refractivity contribution < 1.29 is 17.9 Å². The van der Waals surface area contributed by atoms with Gasteiger partial charge in [-0.1, -0.05) is 0 Å². The van der Waals surface area contributed by atoms with Gasteiger partial charge in [-0.3, -0.25) is 4.79 Å². The maximum atomic E-state index is 12.8. The van der Waals surface area contributed by atoms with Gasteiger partial charge in [0.2, 0.25) is 15.9 Å². The SMILES string of the molecule is COc1ccc(S(=O)(=O)N2CCCC(C(=O)N3CCCC3)C2)cc1. The quantitative estimate of drug-likeness (QED) is 0.827. The fourth-order valence-corrected chi connectivity index (χ4v) is 4.98. The summed E-state index contributed by atoms with van der Waals surface area (Å²) >= 11 is 0. The summed E-state index contributed by atoms with van der Waals surface area (Å²) in [5.74, 6) is 0.515. The highest BCUT2D eigenvalue weighted by atomic mass is 32.2. The monoisotopic (exact) mass is 352 g/mol. The molecule has 0 bridgehead atoms. The second-order valence-electron chi connectivity index (χ2n) is 6.41. The van der Waals surface area contributed by atoms with E-state index in [9.17, 15) is 13.2 Å². The predicted octanol–water partition coefficient (Wildman–Crippen LogP) is 1.72. The van der Waals surface area contributed by atoms with E-state index >= 15 is 0 Å². The van der Waals surface area contributed by atoms with Crippen LogP contribution in [0.25, 0.3) is 0 Å². The van der Waals surface area contributed by atoms with Crippen molar-refractivity contribution in [1.82, 2.24) is 9.21 Å². The minimum Gasteiger partial charge on any atom is -0.497 e. The topological polar surface area (TPSA) is 66.9 Å². The van der Waals surface area contributed by atoms with Crippen molar-refractivity contribution in [2.45, 2.75) is 30.6 Å². The molecule has 2 aliphatic heterocycles. The lowest BCUT2D eigenvalue weighted by atomic mass is 9.98. The molecular weight excluding hydrogens is 328 g/mol. The van der Waals surface area contributed by atoms with Crippen molar-refractivity contribution >= 4 is 15.9 Å². The van der Waals surface area contributed by atoms with Crippen molar-refractivity contribution in [2.24, 2.45) is 5.92 Å². The number of piperidine rings is 1. The van der Waals surface area contributed by atoms with Crippen LogP contribution in [0, 0.1) is 5.92 Å². The molecule has 2 heterocycles. The average Bonchev–Trinajstić information content (AvgIpc) is 3.16. The molecule has 0 aromatic heterocycles. The average molecular weight is 352 g/mol. The maximum absolute atomic E-state index is 12.8.